The van der Waals surface area contributed by atoms with Gasteiger partial charge in [0.15, 0.2) is 5.82 Å². The van der Waals surface area contributed by atoms with E-state index in [1.54, 1.807) is 0 Å². The van der Waals surface area contributed by atoms with E-state index in [0.29, 0.717) is 0 Å². The molecular weight excluding hydrogens is 256 g/mol. The number of carbonyl (C=O) groups excluding carboxylic acids is 1. The molecule has 3 heterocycles. The first-order valence-corrected chi connectivity index (χ1v) is 7.22. The first-order chi connectivity index (χ1) is 9.61. The molecule has 0 radical (unpaired) electrons. The van der Waals surface area contributed by atoms with Crippen molar-refractivity contribution in [1.82, 2.24) is 20.0 Å². The Hall–Kier alpha value is -1.92. The highest BCUT2D eigenvalue weighted by Gasteiger charge is 2.36. The summed E-state index contributed by atoms with van der Waals surface area (Å²) in [4.78, 5) is 15.8. The van der Waals surface area contributed by atoms with Gasteiger partial charge in [-0.05, 0) is 6.42 Å². The van der Waals surface area contributed by atoms with Gasteiger partial charge in [0.05, 0.1) is 17.4 Å². The third-order valence-corrected chi connectivity index (χ3v) is 4.15. The molecule has 1 aromatic rings. The predicted molar refractivity (Wildman–Crippen MR) is 77.7 cm³/mol. The van der Waals surface area contributed by atoms with Crippen molar-refractivity contribution in [2.75, 3.05) is 36.8 Å². The zero-order valence-electron chi connectivity index (χ0n) is 12.1. The second-order valence-electron chi connectivity index (χ2n) is 5.54. The summed E-state index contributed by atoms with van der Waals surface area (Å²) in [6.07, 6.45) is 1.94. The Bertz CT molecular complexity index is 525. The number of aryl methyl sites for hydroxylation is 2. The molecule has 3 rings (SSSR count). The molecule has 0 spiro atoms. The smallest absolute Gasteiger partial charge is 0.317 e. The van der Waals surface area contributed by atoms with Crippen molar-refractivity contribution < 1.29 is 4.79 Å². The lowest BCUT2D eigenvalue weighted by Crippen LogP contribution is -2.52. The van der Waals surface area contributed by atoms with Gasteiger partial charge in [0, 0.05) is 33.2 Å². The van der Waals surface area contributed by atoms with Gasteiger partial charge < -0.3 is 20.9 Å². The van der Waals surface area contributed by atoms with Crippen LogP contribution in [-0.4, -0.2) is 52.9 Å². The second-order valence-corrected chi connectivity index (χ2v) is 5.54. The lowest BCUT2D eigenvalue weighted by atomic mass is 10.2. The van der Waals surface area contributed by atoms with E-state index in [1.165, 1.54) is 0 Å². The van der Waals surface area contributed by atoms with Crippen LogP contribution in [0, 0.1) is 0 Å². The number of nitrogen functional groups attached to an aromatic ring is 1. The van der Waals surface area contributed by atoms with Crippen LogP contribution in [-0.2, 0) is 13.5 Å². The second kappa shape index (κ2) is 4.88. The number of piperazine rings is 1. The largest absolute Gasteiger partial charge is 0.394 e. The third-order valence-electron chi connectivity index (χ3n) is 4.15. The summed E-state index contributed by atoms with van der Waals surface area (Å²) >= 11 is 0. The summed E-state index contributed by atoms with van der Waals surface area (Å²) in [6, 6.07) is 0.291. The van der Waals surface area contributed by atoms with Crippen LogP contribution in [0.5, 0.6) is 0 Å². The van der Waals surface area contributed by atoms with Crippen molar-refractivity contribution in [3.8, 4) is 0 Å². The standard InChI is InChI=1S/C13H22N6O/c1-3-4-10-11(14)12(17(2)16-10)18-5-6-19-9(8-18)7-15-13(19)20/h9H,3-8,14H2,1-2H3,(H,15,20). The molecule has 1 unspecified atom stereocenters. The molecular formula is C13H22N6O. The number of aromatic nitrogens is 2. The highest BCUT2D eigenvalue weighted by Crippen LogP contribution is 2.29. The summed E-state index contributed by atoms with van der Waals surface area (Å²) in [6.45, 7) is 5.20. The minimum atomic E-state index is 0.0549. The Morgan fingerprint density at radius 2 is 2.25 bits per heavy atom. The Labute approximate surface area is 118 Å². The van der Waals surface area contributed by atoms with Crippen molar-refractivity contribution in [3.63, 3.8) is 0 Å². The van der Waals surface area contributed by atoms with Crippen molar-refractivity contribution in [2.45, 2.75) is 25.8 Å². The summed E-state index contributed by atoms with van der Waals surface area (Å²) in [7, 11) is 1.94. The summed E-state index contributed by atoms with van der Waals surface area (Å²) in [5.74, 6) is 0.993. The lowest BCUT2D eigenvalue weighted by molar-refractivity contribution is 0.197. The molecule has 0 saturated carbocycles. The Morgan fingerprint density at radius 3 is 3.00 bits per heavy atom. The van der Waals surface area contributed by atoms with Gasteiger partial charge in [-0.15, -0.1) is 0 Å². The van der Waals surface area contributed by atoms with Crippen molar-refractivity contribution in [1.29, 1.82) is 0 Å². The van der Waals surface area contributed by atoms with Crippen molar-refractivity contribution >= 4 is 17.5 Å². The zero-order valence-corrected chi connectivity index (χ0v) is 12.1. The molecule has 2 amide bonds. The number of urea groups is 1. The fourth-order valence-electron chi connectivity index (χ4n) is 3.18. The monoisotopic (exact) mass is 278 g/mol. The molecule has 7 heteroatoms. The Balaban J connectivity index is 1.82. The first kappa shape index (κ1) is 13.1. The van der Waals surface area contributed by atoms with Crippen LogP contribution in [0.4, 0.5) is 16.3 Å². The van der Waals surface area contributed by atoms with E-state index in [2.05, 4.69) is 22.2 Å². The van der Waals surface area contributed by atoms with Gasteiger partial charge in [-0.2, -0.15) is 5.10 Å². The molecule has 2 saturated heterocycles. The summed E-state index contributed by atoms with van der Waals surface area (Å²) < 4.78 is 1.88. The predicted octanol–water partition coefficient (Wildman–Crippen LogP) is 0.169. The molecule has 2 aliphatic rings. The summed E-state index contributed by atoms with van der Waals surface area (Å²) in [5.41, 5.74) is 8.04. The molecule has 1 atom stereocenters. The Morgan fingerprint density at radius 1 is 1.45 bits per heavy atom. The number of anilines is 2. The van der Waals surface area contributed by atoms with Crippen LogP contribution >= 0.6 is 0 Å². The molecule has 20 heavy (non-hydrogen) atoms. The molecule has 0 aliphatic carbocycles. The SMILES string of the molecule is CCCc1nn(C)c(N2CCN3C(=O)NCC3C2)c1N. The van der Waals surface area contributed by atoms with Gasteiger partial charge in [0.1, 0.15) is 0 Å². The molecule has 2 aliphatic heterocycles. The average Bonchev–Trinajstić information content (AvgIpc) is 2.92. The van der Waals surface area contributed by atoms with E-state index >= 15 is 0 Å². The fourth-order valence-corrected chi connectivity index (χ4v) is 3.18. The quantitative estimate of drug-likeness (QED) is 0.826. The van der Waals surface area contributed by atoms with Gasteiger partial charge in [0.2, 0.25) is 0 Å². The first-order valence-electron chi connectivity index (χ1n) is 7.22. The maximum Gasteiger partial charge on any atom is 0.317 e. The normalized spacial score (nSPS) is 22.1. The van der Waals surface area contributed by atoms with E-state index in [9.17, 15) is 4.79 Å². The van der Waals surface area contributed by atoms with Crippen molar-refractivity contribution in [3.05, 3.63) is 5.69 Å². The van der Waals surface area contributed by atoms with E-state index in [1.807, 2.05) is 16.6 Å². The molecule has 110 valence electrons. The summed E-state index contributed by atoms with van der Waals surface area (Å²) in [5, 5.41) is 7.42. The number of fused-ring (bicyclic) bond motifs is 1. The number of hydrogen-bond donors (Lipinski definition) is 2. The maximum absolute atomic E-state index is 11.6. The van der Waals surface area contributed by atoms with Crippen LogP contribution in [0.3, 0.4) is 0 Å². The van der Waals surface area contributed by atoms with Gasteiger partial charge >= 0.3 is 6.03 Å². The van der Waals surface area contributed by atoms with Crippen LogP contribution in [0.1, 0.15) is 19.0 Å². The number of nitrogens with zero attached hydrogens (tertiary/aromatic N) is 4. The van der Waals surface area contributed by atoms with Crippen molar-refractivity contribution in [2.24, 2.45) is 7.05 Å². The van der Waals surface area contributed by atoms with E-state index in [-0.39, 0.29) is 12.1 Å². The number of nitrogens with one attached hydrogen (secondary N) is 1. The number of nitrogens with two attached hydrogens (primary N) is 1. The molecule has 1 aromatic heterocycles. The zero-order chi connectivity index (χ0) is 14.3. The van der Waals surface area contributed by atoms with E-state index in [0.717, 1.165) is 56.2 Å². The molecule has 0 bridgehead atoms. The highest BCUT2D eigenvalue weighted by molar-refractivity contribution is 5.77. The highest BCUT2D eigenvalue weighted by atomic mass is 16.2. The van der Waals surface area contributed by atoms with Crippen LogP contribution < -0.4 is 16.0 Å². The van der Waals surface area contributed by atoms with E-state index < -0.39 is 0 Å². The number of amides is 2. The van der Waals surface area contributed by atoms with Gasteiger partial charge in [-0.1, -0.05) is 13.3 Å². The van der Waals surface area contributed by atoms with Gasteiger partial charge in [-0.25, -0.2) is 4.79 Å². The van der Waals surface area contributed by atoms with E-state index in [4.69, 9.17) is 5.73 Å². The fraction of sp³-hybridized carbons (Fsp3) is 0.692. The molecule has 3 N–H and O–H groups in total. The molecule has 7 nitrogen and oxygen atoms in total. The van der Waals surface area contributed by atoms with Gasteiger partial charge in [0.25, 0.3) is 0 Å². The number of carbonyl (C=O) groups is 1. The minimum absolute atomic E-state index is 0.0549. The van der Waals surface area contributed by atoms with Gasteiger partial charge in [-0.3, -0.25) is 4.68 Å². The number of rotatable bonds is 3. The lowest BCUT2D eigenvalue weighted by Gasteiger charge is -2.37. The van der Waals surface area contributed by atoms with Crippen LogP contribution in [0.15, 0.2) is 0 Å². The Kier molecular flexibility index (Phi) is 3.19. The molecule has 2 fully saturated rings. The number of hydrogen-bond acceptors (Lipinski definition) is 4. The van der Waals surface area contributed by atoms with Crippen LogP contribution in [0.25, 0.3) is 0 Å². The topological polar surface area (TPSA) is 79.4 Å². The third kappa shape index (κ3) is 1.97. The minimum Gasteiger partial charge on any atom is -0.394 e. The average molecular weight is 278 g/mol. The van der Waals surface area contributed by atoms with Crippen LogP contribution in [0.2, 0.25) is 0 Å². The molecule has 0 aromatic carbocycles. The maximum atomic E-state index is 11.6.